The molecule has 0 radical (unpaired) electrons. The number of hydrogen-bond acceptors (Lipinski definition) is 1. The lowest BCUT2D eigenvalue weighted by atomic mass is 10.1. The van der Waals surface area contributed by atoms with E-state index in [4.69, 9.17) is 11.2 Å². The number of halogens is 1. The fourth-order valence-electron chi connectivity index (χ4n) is 1.83. The molecule has 0 aromatic heterocycles. The zero-order valence-corrected chi connectivity index (χ0v) is 11.9. The van der Waals surface area contributed by atoms with Gasteiger partial charge in [-0.3, -0.25) is 4.34 Å². The SMILES string of the molecule is CP(Cl)N(C(C)(C)C)[Si](C)(C)C. The molecule has 0 bridgehead atoms. The number of hydrogen-bond donors (Lipinski definition) is 0. The minimum atomic E-state index is -1.25. The molecule has 0 spiro atoms. The van der Waals surface area contributed by atoms with Crippen molar-refractivity contribution in [2.45, 2.75) is 46.0 Å². The third-order valence-electron chi connectivity index (χ3n) is 1.55. The first-order valence-electron chi connectivity index (χ1n) is 4.26. The van der Waals surface area contributed by atoms with Crippen LogP contribution in [0.15, 0.2) is 0 Å². The Kier molecular flexibility index (Phi) is 4.25. The van der Waals surface area contributed by atoms with E-state index in [1.165, 1.54) is 0 Å². The van der Waals surface area contributed by atoms with Gasteiger partial charge in [0, 0.05) is 5.54 Å². The van der Waals surface area contributed by atoms with E-state index in [-0.39, 0.29) is 5.54 Å². The first kappa shape index (κ1) is 12.9. The zero-order valence-electron chi connectivity index (χ0n) is 9.27. The summed E-state index contributed by atoms with van der Waals surface area (Å²) in [5.41, 5.74) is 0.215. The molecule has 0 heterocycles. The van der Waals surface area contributed by atoms with Gasteiger partial charge in [-0.25, -0.2) is 0 Å². The third-order valence-corrected chi connectivity index (χ3v) is 8.17. The fourth-order valence-corrected chi connectivity index (χ4v) is 10.7. The maximum Gasteiger partial charge on any atom is 0.125 e. The van der Waals surface area contributed by atoms with Crippen LogP contribution >= 0.6 is 18.7 Å². The Labute approximate surface area is 84.2 Å². The largest absolute Gasteiger partial charge is 0.287 e. The van der Waals surface area contributed by atoms with Crippen LogP contribution in [0.3, 0.4) is 0 Å². The molecule has 0 aromatic carbocycles. The summed E-state index contributed by atoms with van der Waals surface area (Å²) in [6.45, 7) is 15.9. The summed E-state index contributed by atoms with van der Waals surface area (Å²) in [5.74, 6) is 0. The van der Waals surface area contributed by atoms with Gasteiger partial charge < -0.3 is 0 Å². The molecular formula is C8H21ClNPSi. The highest BCUT2D eigenvalue weighted by molar-refractivity contribution is 7.82. The molecule has 0 aliphatic carbocycles. The van der Waals surface area contributed by atoms with Crippen molar-refractivity contribution in [3.05, 3.63) is 0 Å². The minimum absolute atomic E-state index is 0.215. The summed E-state index contributed by atoms with van der Waals surface area (Å²) in [6, 6.07) is 0. The van der Waals surface area contributed by atoms with Crippen LogP contribution in [0.2, 0.25) is 19.6 Å². The van der Waals surface area contributed by atoms with Gasteiger partial charge in [-0.1, -0.05) is 30.9 Å². The van der Waals surface area contributed by atoms with Crippen LogP contribution in [0.4, 0.5) is 0 Å². The summed E-state index contributed by atoms with van der Waals surface area (Å²) < 4.78 is 2.51. The third kappa shape index (κ3) is 3.74. The molecule has 1 atom stereocenters. The van der Waals surface area contributed by atoms with Crippen LogP contribution in [0.5, 0.6) is 0 Å². The van der Waals surface area contributed by atoms with E-state index in [0.29, 0.717) is 0 Å². The van der Waals surface area contributed by atoms with Crippen molar-refractivity contribution >= 4 is 26.9 Å². The average molecular weight is 226 g/mol. The number of nitrogens with zero attached hydrogens (tertiary/aromatic N) is 1. The molecule has 1 unspecified atom stereocenters. The lowest BCUT2D eigenvalue weighted by Crippen LogP contribution is -2.51. The van der Waals surface area contributed by atoms with Crippen molar-refractivity contribution in [2.24, 2.45) is 0 Å². The second-order valence-corrected chi connectivity index (χ2v) is 13.0. The van der Waals surface area contributed by atoms with Gasteiger partial charge in [-0.05, 0) is 27.4 Å². The van der Waals surface area contributed by atoms with Gasteiger partial charge in [0.05, 0.1) is 7.43 Å². The molecule has 0 amide bonds. The van der Waals surface area contributed by atoms with Crippen molar-refractivity contribution in [3.63, 3.8) is 0 Å². The minimum Gasteiger partial charge on any atom is -0.287 e. The topological polar surface area (TPSA) is 3.24 Å². The van der Waals surface area contributed by atoms with Gasteiger partial charge in [-0.2, -0.15) is 0 Å². The van der Waals surface area contributed by atoms with Crippen LogP contribution in [0.1, 0.15) is 20.8 Å². The van der Waals surface area contributed by atoms with Crippen LogP contribution in [0, 0.1) is 0 Å². The Balaban J connectivity index is 4.70. The van der Waals surface area contributed by atoms with Crippen LogP contribution in [0.25, 0.3) is 0 Å². The molecular weight excluding hydrogens is 205 g/mol. The van der Waals surface area contributed by atoms with Crippen LogP contribution < -0.4 is 0 Å². The fraction of sp³-hybridized carbons (Fsp3) is 1.00. The predicted molar refractivity (Wildman–Crippen MR) is 63.6 cm³/mol. The van der Waals surface area contributed by atoms with Gasteiger partial charge in [-0.15, -0.1) is 0 Å². The van der Waals surface area contributed by atoms with Gasteiger partial charge in [0.15, 0.2) is 0 Å². The summed E-state index contributed by atoms with van der Waals surface area (Å²) in [7, 11) is -1.73. The molecule has 0 saturated carbocycles. The smallest absolute Gasteiger partial charge is 0.125 e. The van der Waals surface area contributed by atoms with E-state index in [0.717, 1.165) is 0 Å². The molecule has 0 saturated heterocycles. The molecule has 74 valence electrons. The Morgan fingerprint density at radius 3 is 1.50 bits per heavy atom. The van der Waals surface area contributed by atoms with Crippen molar-refractivity contribution in [2.75, 3.05) is 6.66 Å². The van der Waals surface area contributed by atoms with Crippen molar-refractivity contribution < 1.29 is 0 Å². The maximum atomic E-state index is 6.24. The van der Waals surface area contributed by atoms with Gasteiger partial charge in [0.25, 0.3) is 0 Å². The van der Waals surface area contributed by atoms with E-state index in [2.05, 4.69) is 51.4 Å². The van der Waals surface area contributed by atoms with Gasteiger partial charge in [0.1, 0.15) is 8.24 Å². The maximum absolute atomic E-state index is 6.24. The Morgan fingerprint density at radius 2 is 1.50 bits per heavy atom. The zero-order chi connectivity index (χ0) is 10.2. The molecule has 4 heteroatoms. The van der Waals surface area contributed by atoms with Crippen molar-refractivity contribution in [1.82, 2.24) is 4.34 Å². The van der Waals surface area contributed by atoms with E-state index in [1.807, 2.05) is 0 Å². The van der Waals surface area contributed by atoms with Crippen LogP contribution in [-0.2, 0) is 0 Å². The normalized spacial score (nSPS) is 16.8. The van der Waals surface area contributed by atoms with E-state index < -0.39 is 15.7 Å². The molecule has 1 nitrogen and oxygen atoms in total. The second-order valence-electron chi connectivity index (χ2n) is 5.10. The summed E-state index contributed by atoms with van der Waals surface area (Å²) >= 11 is 6.24. The lowest BCUT2D eigenvalue weighted by molar-refractivity contribution is 0.375. The predicted octanol–water partition coefficient (Wildman–Crippen LogP) is 4.10. The second kappa shape index (κ2) is 3.96. The highest BCUT2D eigenvalue weighted by Gasteiger charge is 2.35. The average Bonchev–Trinajstić information content (AvgIpc) is 1.49. The monoisotopic (exact) mass is 225 g/mol. The molecule has 0 fully saturated rings. The van der Waals surface area contributed by atoms with Gasteiger partial charge >= 0.3 is 0 Å². The first-order valence-corrected chi connectivity index (χ1v) is 10.4. The van der Waals surface area contributed by atoms with E-state index in [9.17, 15) is 0 Å². The van der Waals surface area contributed by atoms with E-state index >= 15 is 0 Å². The standard InChI is InChI=1S/C8H21ClNPSi/c1-8(2,3)10(11(4)9)12(5,6)7/h1-7H3. The molecule has 0 rings (SSSR count). The Bertz CT molecular complexity index is 134. The van der Waals surface area contributed by atoms with Crippen molar-refractivity contribution in [3.8, 4) is 0 Å². The summed E-state index contributed by atoms with van der Waals surface area (Å²) in [4.78, 5) is 0. The van der Waals surface area contributed by atoms with Crippen molar-refractivity contribution in [1.29, 1.82) is 0 Å². The highest BCUT2D eigenvalue weighted by atomic mass is 35.7. The quantitative estimate of drug-likeness (QED) is 0.505. The summed E-state index contributed by atoms with van der Waals surface area (Å²) in [6.07, 6.45) is 0. The summed E-state index contributed by atoms with van der Waals surface area (Å²) in [5, 5.41) is 0. The molecule has 0 aromatic rings. The first-order chi connectivity index (χ1) is 5.07. The number of rotatable bonds is 2. The Hall–Kier alpha value is 0.897. The lowest BCUT2D eigenvalue weighted by Gasteiger charge is -2.45. The molecule has 0 N–H and O–H groups in total. The molecule has 0 aliphatic rings. The highest BCUT2D eigenvalue weighted by Crippen LogP contribution is 2.49. The molecule has 0 aliphatic heterocycles. The molecule has 12 heavy (non-hydrogen) atoms. The van der Waals surface area contributed by atoms with Crippen LogP contribution in [-0.4, -0.2) is 24.8 Å². The van der Waals surface area contributed by atoms with Gasteiger partial charge in [0.2, 0.25) is 0 Å². The Morgan fingerprint density at radius 1 is 1.17 bits per heavy atom. The van der Waals surface area contributed by atoms with E-state index in [1.54, 1.807) is 0 Å².